The number of carbonyl (C=O) groups excluding carboxylic acids is 1. The van der Waals surface area contributed by atoms with Crippen molar-refractivity contribution >= 4 is 52.3 Å². The normalized spacial score (nSPS) is 27.4. The van der Waals surface area contributed by atoms with Crippen molar-refractivity contribution in [3.05, 3.63) is 78.9 Å². The molecule has 6 atom stereocenters. The number of benzene rings is 2. The SMILES string of the molecule is C=CCO[C@@H]1[C@@H](NC(=O)C(Cl)(Cl)Cl)[C@H](OC(=Nc2ccccc2)C(F)(F)F)O[C@@H]2COC(c3ccccc3)O[C@H]12. The number of nitrogens with one attached hydrogen (secondary N) is 1. The van der Waals surface area contributed by atoms with Crippen LogP contribution >= 0.6 is 34.8 Å². The van der Waals surface area contributed by atoms with Crippen LogP contribution in [0.2, 0.25) is 0 Å². The van der Waals surface area contributed by atoms with E-state index in [9.17, 15) is 18.0 Å². The van der Waals surface area contributed by atoms with E-state index in [-0.39, 0.29) is 18.9 Å². The lowest BCUT2D eigenvalue weighted by molar-refractivity contribution is -0.340. The van der Waals surface area contributed by atoms with Gasteiger partial charge in [-0.25, -0.2) is 4.99 Å². The fourth-order valence-corrected chi connectivity index (χ4v) is 4.27. The van der Waals surface area contributed by atoms with Crippen LogP contribution in [0.3, 0.4) is 0 Å². The van der Waals surface area contributed by atoms with Crippen LogP contribution in [0.1, 0.15) is 11.9 Å². The number of aliphatic imine (C=N–C) groups is 1. The maximum absolute atomic E-state index is 14.1. The van der Waals surface area contributed by atoms with Crippen molar-refractivity contribution in [2.45, 2.75) is 46.9 Å². The predicted octanol–water partition coefficient (Wildman–Crippen LogP) is 5.56. The molecule has 4 rings (SSSR count). The van der Waals surface area contributed by atoms with Crippen LogP contribution in [0.5, 0.6) is 0 Å². The van der Waals surface area contributed by atoms with E-state index in [1.54, 1.807) is 30.3 Å². The Morgan fingerprint density at radius 3 is 2.33 bits per heavy atom. The van der Waals surface area contributed by atoms with Gasteiger partial charge in [0.15, 0.2) is 6.29 Å². The van der Waals surface area contributed by atoms with Crippen molar-refractivity contribution in [1.29, 1.82) is 0 Å². The van der Waals surface area contributed by atoms with Crippen LogP contribution in [-0.4, -0.2) is 65.6 Å². The lowest BCUT2D eigenvalue weighted by Gasteiger charge is -2.49. The van der Waals surface area contributed by atoms with Crippen molar-refractivity contribution in [2.24, 2.45) is 4.99 Å². The molecule has 40 heavy (non-hydrogen) atoms. The van der Waals surface area contributed by atoms with Gasteiger partial charge in [-0.2, -0.15) is 13.2 Å². The van der Waals surface area contributed by atoms with Gasteiger partial charge in [0, 0.05) is 5.56 Å². The first-order chi connectivity index (χ1) is 19.0. The van der Waals surface area contributed by atoms with Gasteiger partial charge in [0.1, 0.15) is 24.4 Å². The van der Waals surface area contributed by atoms with Gasteiger partial charge in [-0.1, -0.05) is 89.4 Å². The molecule has 1 N–H and O–H groups in total. The smallest absolute Gasteiger partial charge is 0.442 e. The Morgan fingerprint density at radius 1 is 1.07 bits per heavy atom. The maximum Gasteiger partial charge on any atom is 0.468 e. The fraction of sp³-hybridized carbons (Fsp3) is 0.385. The van der Waals surface area contributed by atoms with Gasteiger partial charge in [0.25, 0.3) is 15.6 Å². The summed E-state index contributed by atoms with van der Waals surface area (Å²) in [5.74, 6) is -2.77. The number of hydrogen-bond acceptors (Lipinski definition) is 7. The second-order valence-electron chi connectivity index (χ2n) is 8.67. The summed E-state index contributed by atoms with van der Waals surface area (Å²) in [6.45, 7) is 3.45. The third-order valence-electron chi connectivity index (χ3n) is 5.83. The lowest BCUT2D eigenvalue weighted by Crippen LogP contribution is -2.68. The molecule has 0 saturated carbocycles. The third kappa shape index (κ3) is 7.67. The Morgan fingerprint density at radius 2 is 1.73 bits per heavy atom. The molecule has 14 heteroatoms. The topological polar surface area (TPSA) is 87.6 Å². The number of carbonyl (C=O) groups is 1. The molecule has 2 aliphatic rings. The number of rotatable bonds is 7. The summed E-state index contributed by atoms with van der Waals surface area (Å²) >= 11 is 17.3. The van der Waals surface area contributed by atoms with Crippen molar-refractivity contribution in [3.8, 4) is 0 Å². The summed E-state index contributed by atoms with van der Waals surface area (Å²) in [5, 5.41) is 2.39. The molecule has 2 aliphatic heterocycles. The Balaban J connectivity index is 1.70. The summed E-state index contributed by atoms with van der Waals surface area (Å²) in [5.41, 5.74) is 0.651. The lowest BCUT2D eigenvalue weighted by atomic mass is 9.95. The number of hydrogen-bond donors (Lipinski definition) is 1. The molecule has 2 aromatic rings. The van der Waals surface area contributed by atoms with Crippen LogP contribution in [0.15, 0.2) is 78.3 Å². The fourth-order valence-electron chi connectivity index (χ4n) is 4.10. The minimum absolute atomic E-state index is 0.0279. The molecule has 8 nitrogen and oxygen atoms in total. The van der Waals surface area contributed by atoms with E-state index in [1.165, 1.54) is 30.3 Å². The molecule has 216 valence electrons. The first-order valence-electron chi connectivity index (χ1n) is 11.9. The quantitative estimate of drug-likeness (QED) is 0.188. The van der Waals surface area contributed by atoms with E-state index >= 15 is 0 Å². The molecule has 2 fully saturated rings. The number of nitrogens with zero attached hydrogens (tertiary/aromatic N) is 1. The molecule has 0 radical (unpaired) electrons. The number of halogens is 6. The minimum Gasteiger partial charge on any atom is -0.442 e. The Bertz CT molecular complexity index is 1180. The number of ether oxygens (including phenoxy) is 5. The standard InChI is InChI=1S/C26H24Cl3F3N2O6/c1-2-13-36-20-18(34-23(35)25(27,28)29)22(40-24(26(30,31)32)33-16-11-7-4-8-12-16)38-17-14-37-21(39-19(17)20)15-9-5-3-6-10-15/h2-12,17-22H,1,13-14H2,(H,34,35)/t17-,18-,19+,20-,21?,22+/m1/s1. The van der Waals surface area contributed by atoms with Crippen LogP contribution in [0, 0.1) is 0 Å². The summed E-state index contributed by atoms with van der Waals surface area (Å²) in [6, 6.07) is 14.8. The molecule has 0 aromatic heterocycles. The van der Waals surface area contributed by atoms with E-state index in [2.05, 4.69) is 16.9 Å². The Labute approximate surface area is 242 Å². The first kappa shape index (κ1) is 30.6. The first-order valence-corrected chi connectivity index (χ1v) is 13.1. The largest absolute Gasteiger partial charge is 0.468 e. The van der Waals surface area contributed by atoms with E-state index in [1.807, 2.05) is 6.07 Å². The highest BCUT2D eigenvalue weighted by atomic mass is 35.6. The Hall–Kier alpha value is -2.38. The van der Waals surface area contributed by atoms with Gasteiger partial charge in [0.05, 0.1) is 18.9 Å². The molecule has 0 spiro atoms. The molecular weight excluding hydrogens is 600 g/mol. The molecule has 2 heterocycles. The van der Waals surface area contributed by atoms with Crippen molar-refractivity contribution < 1.29 is 41.7 Å². The third-order valence-corrected chi connectivity index (χ3v) is 6.34. The molecule has 2 saturated heterocycles. The van der Waals surface area contributed by atoms with Crippen LogP contribution in [0.25, 0.3) is 0 Å². The van der Waals surface area contributed by atoms with Gasteiger partial charge in [-0.3, -0.25) is 4.79 Å². The minimum atomic E-state index is -5.03. The van der Waals surface area contributed by atoms with Crippen molar-refractivity contribution in [1.82, 2.24) is 5.32 Å². The second kappa shape index (κ2) is 13.1. The molecular formula is C26H24Cl3F3N2O6. The zero-order valence-electron chi connectivity index (χ0n) is 20.6. The van der Waals surface area contributed by atoms with Gasteiger partial charge in [0.2, 0.25) is 6.29 Å². The van der Waals surface area contributed by atoms with Crippen molar-refractivity contribution in [3.63, 3.8) is 0 Å². The summed E-state index contributed by atoms with van der Waals surface area (Å²) in [6.07, 6.45) is -9.34. The predicted molar refractivity (Wildman–Crippen MR) is 142 cm³/mol. The highest BCUT2D eigenvalue weighted by molar-refractivity contribution is 6.76. The summed E-state index contributed by atoms with van der Waals surface area (Å²) in [4.78, 5) is 16.3. The van der Waals surface area contributed by atoms with Gasteiger partial charge in [-0.05, 0) is 12.1 Å². The van der Waals surface area contributed by atoms with E-state index in [0.29, 0.717) is 5.56 Å². The van der Waals surface area contributed by atoms with E-state index < -0.39 is 58.7 Å². The highest BCUT2D eigenvalue weighted by Crippen LogP contribution is 2.37. The van der Waals surface area contributed by atoms with Gasteiger partial charge >= 0.3 is 6.18 Å². The molecule has 0 bridgehead atoms. The molecule has 1 amide bonds. The second-order valence-corrected chi connectivity index (χ2v) is 11.0. The van der Waals surface area contributed by atoms with Gasteiger partial charge in [-0.15, -0.1) is 6.58 Å². The van der Waals surface area contributed by atoms with Gasteiger partial charge < -0.3 is 29.0 Å². The summed E-state index contributed by atoms with van der Waals surface area (Å²) < 4.78 is 68.7. The number of amides is 1. The zero-order valence-corrected chi connectivity index (χ0v) is 22.9. The average Bonchev–Trinajstić information content (AvgIpc) is 2.92. The number of fused-ring (bicyclic) bond motifs is 1. The van der Waals surface area contributed by atoms with E-state index in [4.69, 9.17) is 58.5 Å². The molecule has 0 aliphatic carbocycles. The summed E-state index contributed by atoms with van der Waals surface area (Å²) in [7, 11) is 0. The zero-order chi connectivity index (χ0) is 28.9. The average molecular weight is 624 g/mol. The highest BCUT2D eigenvalue weighted by Gasteiger charge is 2.54. The maximum atomic E-state index is 14.1. The number of para-hydroxylation sites is 1. The molecule has 1 unspecified atom stereocenters. The van der Waals surface area contributed by atoms with E-state index in [0.717, 1.165) is 0 Å². The van der Waals surface area contributed by atoms with Crippen molar-refractivity contribution in [2.75, 3.05) is 13.2 Å². The monoisotopic (exact) mass is 622 g/mol. The number of alkyl halides is 6. The van der Waals surface area contributed by atoms with Crippen LogP contribution in [-0.2, 0) is 28.5 Å². The molecule has 2 aromatic carbocycles. The Kier molecular flexibility index (Phi) is 9.99. The van der Waals surface area contributed by atoms with Crippen LogP contribution in [0.4, 0.5) is 18.9 Å². The van der Waals surface area contributed by atoms with Crippen LogP contribution < -0.4 is 5.32 Å².